The number of nitrogens with zero attached hydrogens (tertiary/aromatic N) is 5. The van der Waals surface area contributed by atoms with Gasteiger partial charge in [0.1, 0.15) is 0 Å². The van der Waals surface area contributed by atoms with Crippen LogP contribution < -0.4 is 4.90 Å². The molecule has 0 atom stereocenters. The molecule has 2 heterocycles. The number of hydrogen-bond acceptors (Lipinski definition) is 5. The predicted octanol–water partition coefficient (Wildman–Crippen LogP) is -0.150. The first-order valence-corrected chi connectivity index (χ1v) is 4.45. The first-order chi connectivity index (χ1) is 7.09. The Morgan fingerprint density at radius 3 is 2.73 bits per heavy atom. The van der Waals surface area contributed by atoms with Crippen LogP contribution in [0.3, 0.4) is 0 Å². The van der Waals surface area contributed by atoms with Crippen molar-refractivity contribution in [1.82, 2.24) is 14.8 Å². The highest BCUT2D eigenvalue weighted by atomic mass is 16.6. The largest absolute Gasteiger partial charge is 0.493 e. The third-order valence-corrected chi connectivity index (χ3v) is 2.21. The average Bonchev–Trinajstić information content (AvgIpc) is 2.71. The molecule has 0 aromatic carbocycles. The van der Waals surface area contributed by atoms with Crippen molar-refractivity contribution in [2.75, 3.05) is 11.4 Å². The van der Waals surface area contributed by atoms with Gasteiger partial charge in [0, 0.05) is 25.1 Å². The lowest BCUT2D eigenvalue weighted by molar-refractivity contribution is -0.394. The summed E-state index contributed by atoms with van der Waals surface area (Å²) in [5, 5.41) is 14.0. The van der Waals surface area contributed by atoms with Gasteiger partial charge in [0.25, 0.3) is 0 Å². The van der Waals surface area contributed by atoms with Crippen molar-refractivity contribution >= 4 is 17.8 Å². The summed E-state index contributed by atoms with van der Waals surface area (Å²) in [4.78, 5) is 26.2. The van der Waals surface area contributed by atoms with E-state index in [4.69, 9.17) is 0 Å². The highest BCUT2D eigenvalue weighted by Crippen LogP contribution is 2.20. The van der Waals surface area contributed by atoms with Crippen LogP contribution >= 0.6 is 0 Å². The van der Waals surface area contributed by atoms with E-state index in [1.54, 1.807) is 0 Å². The van der Waals surface area contributed by atoms with Gasteiger partial charge in [0.15, 0.2) is 0 Å². The first-order valence-electron chi connectivity index (χ1n) is 4.45. The van der Waals surface area contributed by atoms with Gasteiger partial charge in [-0.05, 0) is 16.3 Å². The number of rotatable bonds is 2. The second-order valence-corrected chi connectivity index (χ2v) is 3.24. The molecule has 1 aromatic heterocycles. The molecule has 0 unspecified atom stereocenters. The zero-order valence-corrected chi connectivity index (χ0v) is 8.08. The monoisotopic (exact) mass is 211 g/mol. The Bertz CT molecular complexity index is 426. The molecule has 8 heteroatoms. The van der Waals surface area contributed by atoms with Gasteiger partial charge >= 0.3 is 11.9 Å². The van der Waals surface area contributed by atoms with Crippen molar-refractivity contribution in [3.8, 4) is 0 Å². The zero-order chi connectivity index (χ0) is 11.0. The third-order valence-electron chi connectivity index (χ3n) is 2.21. The maximum atomic E-state index is 11.4. The normalized spacial score (nSPS) is 16.1. The van der Waals surface area contributed by atoms with Gasteiger partial charge in [-0.15, -0.1) is 0 Å². The Hall–Kier alpha value is -1.99. The molecule has 0 aliphatic carbocycles. The van der Waals surface area contributed by atoms with Crippen molar-refractivity contribution in [1.29, 1.82) is 0 Å². The maximum Gasteiger partial charge on any atom is 0.493 e. The summed E-state index contributed by atoms with van der Waals surface area (Å²) in [7, 11) is 1.53. The van der Waals surface area contributed by atoms with Crippen LogP contribution in [0.25, 0.3) is 0 Å². The van der Waals surface area contributed by atoms with E-state index in [1.165, 1.54) is 16.6 Å². The molecule has 1 aliphatic rings. The number of nitro groups is 1. The van der Waals surface area contributed by atoms with Crippen molar-refractivity contribution in [2.45, 2.75) is 12.8 Å². The van der Waals surface area contributed by atoms with E-state index in [2.05, 4.69) is 10.1 Å². The Balaban J connectivity index is 2.35. The van der Waals surface area contributed by atoms with Gasteiger partial charge < -0.3 is 10.1 Å². The van der Waals surface area contributed by atoms with Crippen LogP contribution in [0, 0.1) is 10.1 Å². The molecule has 80 valence electrons. The Morgan fingerprint density at radius 2 is 2.27 bits per heavy atom. The average molecular weight is 211 g/mol. The molecule has 0 N–H and O–H groups in total. The number of anilines is 1. The summed E-state index contributed by atoms with van der Waals surface area (Å²) in [6.07, 6.45) is 1.21. The second-order valence-electron chi connectivity index (χ2n) is 3.24. The molecule has 0 spiro atoms. The van der Waals surface area contributed by atoms with Gasteiger partial charge in [-0.1, -0.05) is 0 Å². The van der Waals surface area contributed by atoms with E-state index in [1.807, 2.05) is 0 Å². The standard InChI is InChI=1S/C7H9N5O3/c1-10-7(8-6(9-10)12(14)15)11-4-2-3-5(11)13/h2-4H2,1H3. The molecule has 15 heavy (non-hydrogen) atoms. The van der Waals surface area contributed by atoms with Crippen LogP contribution in [0.4, 0.5) is 11.9 Å². The lowest BCUT2D eigenvalue weighted by Gasteiger charge is -2.08. The topological polar surface area (TPSA) is 94.2 Å². The number of carbonyl (C=O) groups excluding carboxylic acids is 1. The number of amides is 1. The predicted molar refractivity (Wildman–Crippen MR) is 49.2 cm³/mol. The third kappa shape index (κ3) is 1.53. The van der Waals surface area contributed by atoms with Crippen LogP contribution in [-0.2, 0) is 11.8 Å². The number of carbonyl (C=O) groups is 1. The van der Waals surface area contributed by atoms with Crippen LogP contribution in [0.2, 0.25) is 0 Å². The van der Waals surface area contributed by atoms with Gasteiger partial charge in [-0.3, -0.25) is 9.69 Å². The molecule has 1 fully saturated rings. The highest BCUT2D eigenvalue weighted by Gasteiger charge is 2.31. The highest BCUT2D eigenvalue weighted by molar-refractivity contribution is 5.93. The second kappa shape index (κ2) is 3.30. The van der Waals surface area contributed by atoms with E-state index in [0.717, 1.165) is 6.42 Å². The van der Waals surface area contributed by atoms with E-state index in [0.29, 0.717) is 13.0 Å². The summed E-state index contributed by atoms with van der Waals surface area (Å²) in [6.45, 7) is 0.544. The van der Waals surface area contributed by atoms with Crippen molar-refractivity contribution in [2.24, 2.45) is 7.05 Å². The molecule has 1 amide bonds. The number of aromatic nitrogens is 3. The van der Waals surface area contributed by atoms with E-state index in [9.17, 15) is 14.9 Å². The molecule has 8 nitrogen and oxygen atoms in total. The smallest absolute Gasteiger partial charge is 0.390 e. The fourth-order valence-corrected chi connectivity index (χ4v) is 1.54. The minimum absolute atomic E-state index is 0.0691. The summed E-state index contributed by atoms with van der Waals surface area (Å²) in [6, 6.07) is 0. The summed E-state index contributed by atoms with van der Waals surface area (Å²) >= 11 is 0. The zero-order valence-electron chi connectivity index (χ0n) is 8.08. The van der Waals surface area contributed by atoms with E-state index < -0.39 is 10.9 Å². The lowest BCUT2D eigenvalue weighted by Crippen LogP contribution is -2.26. The Morgan fingerprint density at radius 1 is 1.53 bits per heavy atom. The van der Waals surface area contributed by atoms with Crippen LogP contribution in [0.5, 0.6) is 0 Å². The Kier molecular flexibility index (Phi) is 2.10. The lowest BCUT2D eigenvalue weighted by atomic mass is 10.4. The Labute approximate surface area is 84.7 Å². The van der Waals surface area contributed by atoms with Crippen LogP contribution in [-0.4, -0.2) is 32.1 Å². The van der Waals surface area contributed by atoms with Crippen molar-refractivity contribution in [3.63, 3.8) is 0 Å². The molecular formula is C7H9N5O3. The molecule has 2 rings (SSSR count). The van der Waals surface area contributed by atoms with Gasteiger partial charge in [-0.2, -0.15) is 4.68 Å². The summed E-state index contributed by atoms with van der Waals surface area (Å²) in [5.74, 6) is -0.309. The minimum atomic E-state index is -0.677. The molecular weight excluding hydrogens is 202 g/mol. The van der Waals surface area contributed by atoms with Crippen LogP contribution in [0.1, 0.15) is 12.8 Å². The first kappa shape index (κ1) is 9.56. The van der Waals surface area contributed by atoms with Gasteiger partial charge in [0.2, 0.25) is 5.91 Å². The molecule has 0 bridgehead atoms. The van der Waals surface area contributed by atoms with Gasteiger partial charge in [-0.25, -0.2) is 0 Å². The van der Waals surface area contributed by atoms with E-state index in [-0.39, 0.29) is 11.9 Å². The summed E-state index contributed by atoms with van der Waals surface area (Å²) in [5.41, 5.74) is 0. The number of aryl methyl sites for hydroxylation is 1. The van der Waals surface area contributed by atoms with Crippen LogP contribution in [0.15, 0.2) is 0 Å². The minimum Gasteiger partial charge on any atom is -0.390 e. The fourth-order valence-electron chi connectivity index (χ4n) is 1.54. The molecule has 0 saturated carbocycles. The molecule has 1 saturated heterocycles. The molecule has 0 radical (unpaired) electrons. The van der Waals surface area contributed by atoms with Crippen molar-refractivity contribution in [3.05, 3.63) is 10.1 Å². The fraction of sp³-hybridized carbons (Fsp3) is 0.571. The quantitative estimate of drug-likeness (QED) is 0.500. The van der Waals surface area contributed by atoms with E-state index >= 15 is 0 Å². The van der Waals surface area contributed by atoms with Crippen molar-refractivity contribution < 1.29 is 9.72 Å². The maximum absolute atomic E-state index is 11.4. The van der Waals surface area contributed by atoms with Gasteiger partial charge in [0.05, 0.1) is 0 Å². The molecule has 1 aliphatic heterocycles. The summed E-state index contributed by atoms with van der Waals surface area (Å²) < 4.78 is 1.25. The molecule has 1 aromatic rings. The number of hydrogen-bond donors (Lipinski definition) is 0. The SMILES string of the molecule is Cn1nc([N+](=O)[O-])nc1N1CCCC1=O.